The Morgan fingerprint density at radius 1 is 1.20 bits per heavy atom. The summed E-state index contributed by atoms with van der Waals surface area (Å²) in [6.45, 7) is 1.69. The van der Waals surface area contributed by atoms with Gasteiger partial charge >= 0.3 is 0 Å². The third-order valence-corrected chi connectivity index (χ3v) is 3.41. The topological polar surface area (TPSA) is 77.2 Å². The molecule has 1 amide bonds. The lowest BCUT2D eigenvalue weighted by molar-refractivity contribution is -0.127. The molecule has 1 aromatic heterocycles. The first-order valence-corrected chi connectivity index (χ1v) is 7.70. The first kappa shape index (κ1) is 16.6. The Morgan fingerprint density at radius 3 is 2.64 bits per heavy atom. The lowest BCUT2D eigenvalue weighted by Gasteiger charge is -2.13. The van der Waals surface area contributed by atoms with Crippen LogP contribution >= 0.6 is 0 Å². The summed E-state index contributed by atoms with van der Waals surface area (Å²) in [5.41, 5.74) is 0.830. The van der Waals surface area contributed by atoms with Crippen LogP contribution in [-0.4, -0.2) is 22.2 Å². The molecule has 6 nitrogen and oxygen atoms in total. The van der Waals surface area contributed by atoms with Crippen molar-refractivity contribution in [2.75, 3.05) is 0 Å². The number of aromatic nitrogens is 2. The van der Waals surface area contributed by atoms with Crippen molar-refractivity contribution in [3.05, 3.63) is 66.3 Å². The van der Waals surface area contributed by atoms with Gasteiger partial charge in [-0.1, -0.05) is 35.5 Å². The van der Waals surface area contributed by atoms with Gasteiger partial charge in [-0.2, -0.15) is 4.98 Å². The standard InChI is InChI=1S/C18H16FN3O3/c1-12(24-15-9-7-14(19)8-10-15)18(23)20-11-16-21-17(22-25-16)13-5-3-2-4-6-13/h2-10,12H,11H2,1H3,(H,20,23). The maximum atomic E-state index is 12.9. The first-order valence-electron chi connectivity index (χ1n) is 7.70. The molecule has 0 spiro atoms. The molecule has 3 rings (SSSR count). The van der Waals surface area contributed by atoms with Crippen LogP contribution in [-0.2, 0) is 11.3 Å². The van der Waals surface area contributed by atoms with Gasteiger partial charge in [-0.05, 0) is 31.2 Å². The van der Waals surface area contributed by atoms with E-state index in [1.807, 2.05) is 30.3 Å². The molecular formula is C18H16FN3O3. The summed E-state index contributed by atoms with van der Waals surface area (Å²) in [5, 5.41) is 6.54. The Labute approximate surface area is 143 Å². The number of carbonyl (C=O) groups excluding carboxylic acids is 1. The highest BCUT2D eigenvalue weighted by molar-refractivity contribution is 5.80. The van der Waals surface area contributed by atoms with Gasteiger partial charge in [0, 0.05) is 5.56 Å². The zero-order valence-electron chi connectivity index (χ0n) is 13.5. The zero-order valence-corrected chi connectivity index (χ0v) is 13.5. The van der Waals surface area contributed by atoms with Gasteiger partial charge in [0.05, 0.1) is 6.54 Å². The summed E-state index contributed by atoms with van der Waals surface area (Å²) < 4.78 is 23.4. The third kappa shape index (κ3) is 4.41. The number of carbonyl (C=O) groups is 1. The van der Waals surface area contributed by atoms with Crippen molar-refractivity contribution < 1.29 is 18.4 Å². The molecule has 1 atom stereocenters. The molecule has 0 aliphatic heterocycles. The Balaban J connectivity index is 1.53. The van der Waals surface area contributed by atoms with E-state index < -0.39 is 6.10 Å². The number of nitrogens with zero attached hydrogens (tertiary/aromatic N) is 2. The van der Waals surface area contributed by atoms with Gasteiger partial charge in [0.1, 0.15) is 11.6 Å². The fourth-order valence-corrected chi connectivity index (χ4v) is 2.11. The van der Waals surface area contributed by atoms with Crippen LogP contribution in [0.15, 0.2) is 59.1 Å². The number of benzene rings is 2. The van der Waals surface area contributed by atoms with Gasteiger partial charge in [-0.25, -0.2) is 4.39 Å². The van der Waals surface area contributed by atoms with Crippen LogP contribution in [0.4, 0.5) is 4.39 Å². The smallest absolute Gasteiger partial charge is 0.261 e. The number of hydrogen-bond donors (Lipinski definition) is 1. The molecule has 7 heteroatoms. The van der Waals surface area contributed by atoms with Gasteiger partial charge < -0.3 is 14.6 Å². The molecule has 0 aliphatic carbocycles. The number of nitrogens with one attached hydrogen (secondary N) is 1. The normalized spacial score (nSPS) is 11.8. The molecule has 0 aliphatic rings. The van der Waals surface area contributed by atoms with Gasteiger partial charge in [0.2, 0.25) is 11.7 Å². The minimum atomic E-state index is -0.748. The molecule has 0 saturated heterocycles. The molecule has 0 bridgehead atoms. The number of ether oxygens (including phenoxy) is 1. The second-order valence-electron chi connectivity index (χ2n) is 5.31. The van der Waals surface area contributed by atoms with Crippen molar-refractivity contribution in [1.82, 2.24) is 15.5 Å². The van der Waals surface area contributed by atoms with Gasteiger partial charge in [-0.15, -0.1) is 0 Å². The minimum Gasteiger partial charge on any atom is -0.481 e. The van der Waals surface area contributed by atoms with E-state index >= 15 is 0 Å². The quantitative estimate of drug-likeness (QED) is 0.746. The van der Waals surface area contributed by atoms with Crippen LogP contribution in [0.3, 0.4) is 0 Å². The summed E-state index contributed by atoms with van der Waals surface area (Å²) in [6, 6.07) is 14.8. The van der Waals surface area contributed by atoms with Gasteiger partial charge in [-0.3, -0.25) is 4.79 Å². The van der Waals surface area contributed by atoms with E-state index in [2.05, 4.69) is 15.5 Å². The first-order chi connectivity index (χ1) is 12.1. The van der Waals surface area contributed by atoms with Crippen LogP contribution in [0.25, 0.3) is 11.4 Å². The molecule has 1 heterocycles. The van der Waals surface area contributed by atoms with Crippen molar-refractivity contribution in [2.45, 2.75) is 19.6 Å². The highest BCUT2D eigenvalue weighted by Gasteiger charge is 2.16. The van der Waals surface area contributed by atoms with Crippen LogP contribution in [0.5, 0.6) is 5.75 Å². The van der Waals surface area contributed by atoms with E-state index in [0.717, 1.165) is 5.56 Å². The number of rotatable bonds is 6. The van der Waals surface area contributed by atoms with E-state index in [1.54, 1.807) is 6.92 Å². The Bertz CT molecular complexity index is 834. The third-order valence-electron chi connectivity index (χ3n) is 3.41. The summed E-state index contributed by atoms with van der Waals surface area (Å²) in [5.74, 6) is 0.453. The molecule has 0 fully saturated rings. The monoisotopic (exact) mass is 341 g/mol. The molecule has 0 radical (unpaired) electrons. The SMILES string of the molecule is CC(Oc1ccc(F)cc1)C(=O)NCc1nc(-c2ccccc2)no1. The lowest BCUT2D eigenvalue weighted by Crippen LogP contribution is -2.35. The fraction of sp³-hybridized carbons (Fsp3) is 0.167. The second kappa shape index (κ2) is 7.57. The molecule has 25 heavy (non-hydrogen) atoms. The van der Waals surface area contributed by atoms with Crippen LogP contribution in [0, 0.1) is 5.82 Å². The molecule has 128 valence electrons. The van der Waals surface area contributed by atoms with Crippen molar-refractivity contribution in [3.8, 4) is 17.1 Å². The summed E-state index contributed by atoms with van der Waals surface area (Å²) in [6.07, 6.45) is -0.748. The fourth-order valence-electron chi connectivity index (χ4n) is 2.11. The largest absolute Gasteiger partial charge is 0.481 e. The molecule has 1 N–H and O–H groups in total. The molecular weight excluding hydrogens is 325 g/mol. The van der Waals surface area contributed by atoms with E-state index in [0.29, 0.717) is 17.5 Å². The van der Waals surface area contributed by atoms with Gasteiger partial charge in [0.15, 0.2) is 6.10 Å². The molecule has 0 saturated carbocycles. The summed E-state index contributed by atoms with van der Waals surface area (Å²) in [7, 11) is 0. The van der Waals surface area contributed by atoms with Crippen molar-refractivity contribution in [1.29, 1.82) is 0 Å². The van der Waals surface area contributed by atoms with E-state index in [9.17, 15) is 9.18 Å². The predicted molar refractivity (Wildman–Crippen MR) is 88.1 cm³/mol. The average Bonchev–Trinajstić information content (AvgIpc) is 3.11. The van der Waals surface area contributed by atoms with Crippen molar-refractivity contribution in [3.63, 3.8) is 0 Å². The highest BCUT2D eigenvalue weighted by Crippen LogP contribution is 2.15. The maximum Gasteiger partial charge on any atom is 0.261 e. The van der Waals surface area contributed by atoms with Gasteiger partial charge in [0.25, 0.3) is 5.91 Å². The van der Waals surface area contributed by atoms with Crippen LogP contribution in [0.2, 0.25) is 0 Å². The predicted octanol–water partition coefficient (Wildman–Crippen LogP) is 2.96. The Kier molecular flexibility index (Phi) is 5.03. The van der Waals surface area contributed by atoms with Crippen LogP contribution < -0.4 is 10.1 Å². The lowest BCUT2D eigenvalue weighted by atomic mass is 10.2. The zero-order chi connectivity index (χ0) is 17.6. The number of hydrogen-bond acceptors (Lipinski definition) is 5. The van der Waals surface area contributed by atoms with E-state index in [-0.39, 0.29) is 18.3 Å². The van der Waals surface area contributed by atoms with Crippen molar-refractivity contribution in [2.24, 2.45) is 0 Å². The minimum absolute atomic E-state index is 0.0930. The number of halogens is 1. The average molecular weight is 341 g/mol. The molecule has 2 aromatic carbocycles. The highest BCUT2D eigenvalue weighted by atomic mass is 19.1. The second-order valence-corrected chi connectivity index (χ2v) is 5.31. The summed E-state index contributed by atoms with van der Waals surface area (Å²) >= 11 is 0. The van der Waals surface area contributed by atoms with Crippen LogP contribution in [0.1, 0.15) is 12.8 Å². The molecule has 3 aromatic rings. The maximum absolute atomic E-state index is 12.9. The summed E-state index contributed by atoms with van der Waals surface area (Å²) in [4.78, 5) is 16.3. The number of amides is 1. The molecule has 1 unspecified atom stereocenters. The van der Waals surface area contributed by atoms with Crippen molar-refractivity contribution >= 4 is 5.91 Å². The Morgan fingerprint density at radius 2 is 1.92 bits per heavy atom. The van der Waals surface area contributed by atoms with E-state index in [1.165, 1.54) is 24.3 Å². The van der Waals surface area contributed by atoms with E-state index in [4.69, 9.17) is 9.26 Å². The Hall–Kier alpha value is -3.22.